The van der Waals surface area contributed by atoms with Crippen molar-refractivity contribution in [2.75, 3.05) is 10.2 Å². The Hall–Kier alpha value is -5.04. The van der Waals surface area contributed by atoms with Crippen LogP contribution in [0.3, 0.4) is 0 Å². The molecule has 1 unspecified atom stereocenters. The van der Waals surface area contributed by atoms with Crippen LogP contribution in [0.4, 0.5) is 27.3 Å². The quantitative estimate of drug-likeness (QED) is 0.261. The van der Waals surface area contributed by atoms with Crippen molar-refractivity contribution in [2.45, 2.75) is 26.3 Å². The minimum absolute atomic E-state index is 0.281. The maximum atomic E-state index is 15.6. The Morgan fingerprint density at radius 1 is 0.825 bits per heavy atom. The number of fused-ring (bicyclic) bond motifs is 4. The number of aliphatic imine (C=N–C) groups is 2. The smallest absolute Gasteiger partial charge is 0.179 e. The first kappa shape index (κ1) is 24.0. The summed E-state index contributed by atoms with van der Waals surface area (Å²) in [5, 5.41) is 8.42. The van der Waals surface area contributed by atoms with Crippen molar-refractivity contribution >= 4 is 34.6 Å². The number of nitrogens with one attached hydrogen (secondary N) is 1. The number of hydrogen-bond acceptors (Lipinski definition) is 5. The lowest BCUT2D eigenvalue weighted by Crippen LogP contribution is -2.46. The summed E-state index contributed by atoms with van der Waals surface area (Å²) >= 11 is 0. The third-order valence-corrected chi connectivity index (χ3v) is 7.46. The molecule has 40 heavy (non-hydrogen) atoms. The van der Waals surface area contributed by atoms with E-state index in [0.29, 0.717) is 23.1 Å². The van der Waals surface area contributed by atoms with Gasteiger partial charge in [0.1, 0.15) is 5.82 Å². The van der Waals surface area contributed by atoms with E-state index in [9.17, 15) is 0 Å². The van der Waals surface area contributed by atoms with Crippen molar-refractivity contribution in [2.24, 2.45) is 9.98 Å². The number of rotatable bonds is 4. The number of aryl methyl sites for hydroxylation is 2. The minimum atomic E-state index is -0.503. The molecule has 0 fully saturated rings. The number of anilines is 2. The van der Waals surface area contributed by atoms with E-state index in [4.69, 9.17) is 15.1 Å². The molecule has 1 atom stereocenters. The van der Waals surface area contributed by atoms with E-state index in [1.54, 1.807) is 6.07 Å². The van der Waals surface area contributed by atoms with Crippen LogP contribution in [0.5, 0.6) is 0 Å². The van der Waals surface area contributed by atoms with Crippen LogP contribution in [0.25, 0.3) is 5.69 Å². The van der Waals surface area contributed by atoms with E-state index >= 15 is 4.39 Å². The summed E-state index contributed by atoms with van der Waals surface area (Å²) in [6.07, 6.45) is 0.963. The molecule has 196 valence electrons. The number of amidine groups is 2. The Kier molecular flexibility index (Phi) is 5.77. The lowest BCUT2D eigenvalue weighted by molar-refractivity contribution is 0.597. The van der Waals surface area contributed by atoms with Crippen LogP contribution < -0.4 is 10.2 Å². The van der Waals surface area contributed by atoms with Crippen LogP contribution >= 0.6 is 0 Å². The average molecular weight is 527 g/mol. The largest absolute Gasteiger partial charge is 0.337 e. The van der Waals surface area contributed by atoms with Gasteiger partial charge in [-0.05, 0) is 61.4 Å². The number of para-hydroxylation sites is 3. The molecular weight excluding hydrogens is 499 g/mol. The fourth-order valence-electron chi connectivity index (χ4n) is 5.50. The van der Waals surface area contributed by atoms with Gasteiger partial charge in [0, 0.05) is 16.8 Å². The summed E-state index contributed by atoms with van der Waals surface area (Å²) in [4.78, 5) is 12.3. The molecule has 0 aliphatic carbocycles. The zero-order chi connectivity index (χ0) is 27.2. The van der Waals surface area contributed by atoms with Gasteiger partial charge < -0.3 is 10.2 Å². The number of hydrogen-bond donors (Lipinski definition) is 1. The molecule has 5 aromatic rings. The van der Waals surface area contributed by atoms with Gasteiger partial charge >= 0.3 is 0 Å². The molecule has 2 aliphatic heterocycles. The Labute approximate surface area is 232 Å². The molecule has 2 aliphatic rings. The molecule has 3 heterocycles. The lowest BCUT2D eigenvalue weighted by Gasteiger charge is -2.40. The van der Waals surface area contributed by atoms with Gasteiger partial charge in [0.15, 0.2) is 17.5 Å². The van der Waals surface area contributed by atoms with Crippen molar-refractivity contribution in [3.63, 3.8) is 0 Å². The molecule has 0 radical (unpaired) electrons. The third-order valence-electron chi connectivity index (χ3n) is 7.46. The van der Waals surface area contributed by atoms with Gasteiger partial charge in [-0.15, -0.1) is 0 Å². The summed E-state index contributed by atoms with van der Waals surface area (Å²) in [7, 11) is 0. The summed E-state index contributed by atoms with van der Waals surface area (Å²) in [5.41, 5.74) is 6.89. The van der Waals surface area contributed by atoms with Gasteiger partial charge in [-0.3, -0.25) is 0 Å². The fraction of sp³-hybridized carbons (Fsp3) is 0.121. The highest BCUT2D eigenvalue weighted by atomic mass is 19.1. The molecule has 6 nitrogen and oxygen atoms in total. The Morgan fingerprint density at radius 3 is 2.33 bits per heavy atom. The molecule has 0 saturated heterocycles. The number of aromatic nitrogens is 2. The van der Waals surface area contributed by atoms with Crippen molar-refractivity contribution in [1.29, 1.82) is 0 Å². The topological polar surface area (TPSA) is 57.8 Å². The Balaban J connectivity index is 1.49. The van der Waals surface area contributed by atoms with Gasteiger partial charge in [0.2, 0.25) is 0 Å². The van der Waals surface area contributed by atoms with Crippen LogP contribution in [0.2, 0.25) is 0 Å². The summed E-state index contributed by atoms with van der Waals surface area (Å²) < 4.78 is 17.5. The molecule has 1 aromatic heterocycles. The van der Waals surface area contributed by atoms with Crippen molar-refractivity contribution in [3.05, 3.63) is 131 Å². The van der Waals surface area contributed by atoms with Crippen molar-refractivity contribution < 1.29 is 4.39 Å². The molecule has 7 rings (SSSR count). The van der Waals surface area contributed by atoms with Crippen LogP contribution in [0.15, 0.2) is 113 Å². The van der Waals surface area contributed by atoms with Crippen LogP contribution in [0.1, 0.15) is 35.3 Å². The fourth-order valence-corrected chi connectivity index (χ4v) is 5.50. The van der Waals surface area contributed by atoms with E-state index in [2.05, 4.69) is 29.3 Å². The van der Waals surface area contributed by atoms with E-state index in [1.165, 1.54) is 11.6 Å². The zero-order valence-electron chi connectivity index (χ0n) is 22.2. The first-order valence-electron chi connectivity index (χ1n) is 13.4. The highest BCUT2D eigenvalue weighted by Gasteiger charge is 2.42. The lowest BCUT2D eigenvalue weighted by atomic mass is 9.93. The van der Waals surface area contributed by atoms with E-state index < -0.39 is 6.04 Å². The van der Waals surface area contributed by atoms with Gasteiger partial charge in [-0.2, -0.15) is 5.10 Å². The first-order valence-corrected chi connectivity index (χ1v) is 13.4. The predicted molar refractivity (Wildman–Crippen MR) is 159 cm³/mol. The second kappa shape index (κ2) is 9.61. The van der Waals surface area contributed by atoms with Crippen LogP contribution in [-0.4, -0.2) is 21.5 Å². The normalized spacial score (nSPS) is 15.5. The van der Waals surface area contributed by atoms with Gasteiger partial charge in [0.05, 0.1) is 28.8 Å². The van der Waals surface area contributed by atoms with E-state index in [-0.39, 0.29) is 5.82 Å². The van der Waals surface area contributed by atoms with E-state index in [0.717, 1.165) is 40.4 Å². The number of halogens is 1. The van der Waals surface area contributed by atoms with Gasteiger partial charge in [-0.1, -0.05) is 67.6 Å². The zero-order valence-corrected chi connectivity index (χ0v) is 22.2. The Morgan fingerprint density at radius 2 is 1.55 bits per heavy atom. The minimum Gasteiger partial charge on any atom is -0.337 e. The second-order valence-electron chi connectivity index (χ2n) is 9.92. The molecule has 0 bridgehead atoms. The first-order chi connectivity index (χ1) is 19.6. The highest BCUT2D eigenvalue weighted by Crippen LogP contribution is 2.48. The molecule has 0 spiro atoms. The summed E-state index contributed by atoms with van der Waals surface area (Å²) in [6.45, 7) is 4.10. The van der Waals surface area contributed by atoms with Crippen molar-refractivity contribution in [3.8, 4) is 5.69 Å². The summed E-state index contributed by atoms with van der Waals surface area (Å²) in [5.74, 6) is 1.58. The number of benzene rings is 4. The maximum Gasteiger partial charge on any atom is 0.179 e. The standard InChI is InChI=1S/C33H27FN6/c1-3-22-17-19-23(20-18-22)35-31-33-37-32-29(21(2)38-40(32)24-11-5-4-6-12-24)30(25-13-7-8-14-26(25)34)39(33)28-16-10-9-15-27(28)36-31/h4-20,30H,3H2,1-2H3,(H,35,36). The van der Waals surface area contributed by atoms with Crippen molar-refractivity contribution in [1.82, 2.24) is 9.78 Å². The molecule has 4 aromatic carbocycles. The molecular formula is C33H27FN6. The molecule has 0 saturated carbocycles. The van der Waals surface area contributed by atoms with Gasteiger partial charge in [-0.25, -0.2) is 19.1 Å². The Bertz CT molecular complexity index is 1790. The number of nitrogens with zero attached hydrogens (tertiary/aromatic N) is 5. The van der Waals surface area contributed by atoms with Crippen LogP contribution in [-0.2, 0) is 6.42 Å². The SMILES string of the molecule is CCc1ccc(NC2=Nc3ccccc3N3C2=Nc2c(c(C)nn2-c2ccccc2)C3c2ccccc2F)cc1. The molecule has 0 amide bonds. The summed E-state index contributed by atoms with van der Waals surface area (Å²) in [6, 6.07) is 32.6. The average Bonchev–Trinajstić information content (AvgIpc) is 3.33. The highest BCUT2D eigenvalue weighted by molar-refractivity contribution is 6.51. The third kappa shape index (κ3) is 3.90. The second-order valence-corrected chi connectivity index (χ2v) is 9.92. The van der Waals surface area contributed by atoms with Gasteiger partial charge in [0.25, 0.3) is 0 Å². The van der Waals surface area contributed by atoms with Crippen LogP contribution in [0, 0.1) is 12.7 Å². The predicted octanol–water partition coefficient (Wildman–Crippen LogP) is 7.68. The maximum absolute atomic E-state index is 15.6. The van der Waals surface area contributed by atoms with E-state index in [1.807, 2.05) is 90.5 Å². The monoisotopic (exact) mass is 526 g/mol. The molecule has 1 N–H and O–H groups in total. The molecule has 7 heteroatoms.